The van der Waals surface area contributed by atoms with Crippen molar-refractivity contribution in [3.05, 3.63) is 33.6 Å². The van der Waals surface area contributed by atoms with Gasteiger partial charge in [0, 0.05) is 25.3 Å². The van der Waals surface area contributed by atoms with Gasteiger partial charge in [0.05, 0.1) is 22.7 Å². The van der Waals surface area contributed by atoms with E-state index in [1.165, 1.54) is 9.47 Å². The lowest BCUT2D eigenvalue weighted by molar-refractivity contribution is 0.0694. The SMILES string of the molecule is Nc1c(F)c(N2CC(O)C2)c(F)c2c1c(=O)c(C(=O)O)cn2C1CC1. The maximum atomic E-state index is 15.1. The number of aliphatic hydroxyl groups is 1. The maximum absolute atomic E-state index is 15.1. The van der Waals surface area contributed by atoms with Crippen LogP contribution in [0.15, 0.2) is 11.0 Å². The van der Waals surface area contributed by atoms with Crippen molar-refractivity contribution in [1.29, 1.82) is 0 Å². The number of pyridine rings is 1. The number of aromatic nitrogens is 1. The Morgan fingerprint density at radius 3 is 2.40 bits per heavy atom. The summed E-state index contributed by atoms with van der Waals surface area (Å²) >= 11 is 0. The summed E-state index contributed by atoms with van der Waals surface area (Å²) in [7, 11) is 0. The number of carboxylic acid groups (broad SMARTS) is 1. The molecule has 0 atom stereocenters. The number of nitrogen functional groups attached to an aromatic ring is 1. The minimum absolute atomic E-state index is 0.0552. The molecule has 25 heavy (non-hydrogen) atoms. The number of nitrogens with two attached hydrogens (primary N) is 1. The molecule has 4 rings (SSSR count). The summed E-state index contributed by atoms with van der Waals surface area (Å²) in [5.74, 6) is -3.55. The predicted molar refractivity (Wildman–Crippen MR) is 86.0 cm³/mol. The standard InChI is InChI=1S/C16H15F2N3O4/c17-10-12(19)9-13(11(18)14(10)20-3-7(22)4-20)21(6-1-2-6)5-8(15(9)23)16(24)25/h5-7,22H,1-4,19H2,(H,24,25). The number of aromatic carboxylic acids is 1. The fourth-order valence-electron chi connectivity index (χ4n) is 3.26. The highest BCUT2D eigenvalue weighted by atomic mass is 19.1. The molecule has 7 nitrogen and oxygen atoms in total. The molecule has 1 aliphatic carbocycles. The maximum Gasteiger partial charge on any atom is 0.341 e. The molecule has 2 aliphatic rings. The summed E-state index contributed by atoms with van der Waals surface area (Å²) in [5, 5.41) is 18.2. The fourth-order valence-corrected chi connectivity index (χ4v) is 3.26. The van der Waals surface area contributed by atoms with Crippen molar-refractivity contribution in [2.24, 2.45) is 0 Å². The van der Waals surface area contributed by atoms with Crippen molar-refractivity contribution in [1.82, 2.24) is 4.57 Å². The highest BCUT2D eigenvalue weighted by Gasteiger charge is 2.35. The minimum Gasteiger partial charge on any atom is -0.477 e. The van der Waals surface area contributed by atoms with E-state index in [-0.39, 0.29) is 24.6 Å². The Bertz CT molecular complexity index is 978. The average Bonchev–Trinajstić information content (AvgIpc) is 3.35. The van der Waals surface area contributed by atoms with Crippen LogP contribution in [0.1, 0.15) is 29.2 Å². The van der Waals surface area contributed by atoms with Gasteiger partial charge in [-0.2, -0.15) is 0 Å². The molecule has 1 aliphatic heterocycles. The van der Waals surface area contributed by atoms with Crippen LogP contribution in [0.4, 0.5) is 20.2 Å². The van der Waals surface area contributed by atoms with E-state index in [1.54, 1.807) is 0 Å². The van der Waals surface area contributed by atoms with E-state index in [4.69, 9.17) is 5.73 Å². The number of aliphatic hydroxyl groups excluding tert-OH is 1. The molecule has 1 aromatic heterocycles. The van der Waals surface area contributed by atoms with Gasteiger partial charge >= 0.3 is 5.97 Å². The summed E-state index contributed by atoms with van der Waals surface area (Å²) in [6, 6.07) is -0.157. The third kappa shape index (κ3) is 2.19. The first-order valence-corrected chi connectivity index (χ1v) is 7.82. The normalized spacial score (nSPS) is 17.8. The first kappa shape index (κ1) is 15.8. The molecule has 0 unspecified atom stereocenters. The summed E-state index contributed by atoms with van der Waals surface area (Å²) < 4.78 is 31.2. The van der Waals surface area contributed by atoms with Crippen LogP contribution in [0.5, 0.6) is 0 Å². The molecule has 0 amide bonds. The number of rotatable bonds is 3. The summed E-state index contributed by atoms with van der Waals surface area (Å²) in [6.45, 7) is 0.110. The van der Waals surface area contributed by atoms with Crippen molar-refractivity contribution in [2.75, 3.05) is 23.7 Å². The van der Waals surface area contributed by atoms with E-state index in [9.17, 15) is 24.2 Å². The van der Waals surface area contributed by atoms with Crippen LogP contribution >= 0.6 is 0 Å². The molecule has 4 N–H and O–H groups in total. The van der Waals surface area contributed by atoms with E-state index >= 15 is 4.39 Å². The number of nitrogens with zero attached hydrogens (tertiary/aromatic N) is 2. The van der Waals surface area contributed by atoms with Crippen molar-refractivity contribution in [3.8, 4) is 0 Å². The number of benzene rings is 1. The molecule has 2 heterocycles. The Morgan fingerprint density at radius 2 is 1.88 bits per heavy atom. The van der Waals surface area contributed by atoms with Gasteiger partial charge in [0.2, 0.25) is 5.43 Å². The molecule has 0 radical (unpaired) electrons. The molecular weight excluding hydrogens is 336 g/mol. The lowest BCUT2D eigenvalue weighted by atomic mass is 10.0. The number of carbonyl (C=O) groups is 1. The van der Waals surface area contributed by atoms with E-state index in [0.717, 1.165) is 6.20 Å². The van der Waals surface area contributed by atoms with Gasteiger partial charge in [-0.15, -0.1) is 0 Å². The lowest BCUT2D eigenvalue weighted by Gasteiger charge is -2.38. The molecule has 1 saturated heterocycles. The second-order valence-corrected chi connectivity index (χ2v) is 6.49. The first-order chi connectivity index (χ1) is 11.8. The van der Waals surface area contributed by atoms with E-state index in [0.29, 0.717) is 12.8 Å². The summed E-state index contributed by atoms with van der Waals surface area (Å²) in [5.41, 5.74) is 3.02. The zero-order chi connectivity index (χ0) is 18.0. The monoisotopic (exact) mass is 351 g/mol. The van der Waals surface area contributed by atoms with Crippen molar-refractivity contribution in [3.63, 3.8) is 0 Å². The molecule has 9 heteroatoms. The predicted octanol–water partition coefficient (Wildman–Crippen LogP) is 1.08. The second-order valence-electron chi connectivity index (χ2n) is 6.49. The second kappa shape index (κ2) is 5.16. The Balaban J connectivity index is 2.10. The number of hydrogen-bond acceptors (Lipinski definition) is 5. The van der Waals surface area contributed by atoms with Gasteiger partial charge in [0.15, 0.2) is 11.6 Å². The fraction of sp³-hybridized carbons (Fsp3) is 0.375. The van der Waals surface area contributed by atoms with E-state index in [1.807, 2.05) is 0 Å². The molecule has 2 fully saturated rings. The molecule has 1 saturated carbocycles. The largest absolute Gasteiger partial charge is 0.477 e. The number of hydrogen-bond donors (Lipinski definition) is 3. The van der Waals surface area contributed by atoms with Gasteiger partial charge in [0.1, 0.15) is 11.3 Å². The zero-order valence-electron chi connectivity index (χ0n) is 13.0. The average molecular weight is 351 g/mol. The van der Waals surface area contributed by atoms with Crippen LogP contribution < -0.4 is 16.1 Å². The van der Waals surface area contributed by atoms with Crippen molar-refractivity contribution in [2.45, 2.75) is 25.0 Å². The highest BCUT2D eigenvalue weighted by molar-refractivity contribution is 5.99. The number of halogens is 2. The van der Waals surface area contributed by atoms with Gasteiger partial charge in [-0.1, -0.05) is 0 Å². The Labute approximate surface area is 139 Å². The number of β-amino-alcohol motifs (C(OH)–C–C–N with tert-alkyl or cyclic N) is 1. The van der Waals surface area contributed by atoms with Gasteiger partial charge < -0.3 is 25.4 Å². The Hall–Kier alpha value is -2.68. The number of fused-ring (bicyclic) bond motifs is 1. The van der Waals surface area contributed by atoms with Gasteiger partial charge in [-0.05, 0) is 12.8 Å². The van der Waals surface area contributed by atoms with Gasteiger partial charge in [-0.25, -0.2) is 13.6 Å². The zero-order valence-corrected chi connectivity index (χ0v) is 13.0. The topological polar surface area (TPSA) is 109 Å². The summed E-state index contributed by atoms with van der Waals surface area (Å²) in [6.07, 6.45) is 1.81. The van der Waals surface area contributed by atoms with E-state index in [2.05, 4.69) is 0 Å². The van der Waals surface area contributed by atoms with Crippen LogP contribution in [0.2, 0.25) is 0 Å². The third-order valence-electron chi connectivity index (χ3n) is 4.71. The molecular formula is C16H15F2N3O4. The molecule has 0 spiro atoms. The van der Waals surface area contributed by atoms with Gasteiger partial charge in [-0.3, -0.25) is 4.79 Å². The molecule has 1 aromatic carbocycles. The van der Waals surface area contributed by atoms with Gasteiger partial charge in [0.25, 0.3) is 0 Å². The minimum atomic E-state index is -1.48. The van der Waals surface area contributed by atoms with Crippen LogP contribution in [0, 0.1) is 11.6 Å². The number of carboxylic acids is 1. The Kier molecular flexibility index (Phi) is 3.26. The van der Waals surface area contributed by atoms with Crippen molar-refractivity contribution >= 4 is 28.2 Å². The van der Waals surface area contributed by atoms with E-state index < -0.39 is 51.5 Å². The Morgan fingerprint density at radius 1 is 1.24 bits per heavy atom. The van der Waals surface area contributed by atoms with Crippen LogP contribution in [0.25, 0.3) is 10.9 Å². The first-order valence-electron chi connectivity index (χ1n) is 7.82. The highest BCUT2D eigenvalue weighted by Crippen LogP contribution is 2.42. The third-order valence-corrected chi connectivity index (χ3v) is 4.71. The lowest BCUT2D eigenvalue weighted by Crippen LogP contribution is -2.51. The summed E-state index contributed by atoms with van der Waals surface area (Å²) in [4.78, 5) is 25.1. The molecule has 2 aromatic rings. The molecule has 132 valence electrons. The smallest absolute Gasteiger partial charge is 0.341 e. The van der Waals surface area contributed by atoms with Crippen LogP contribution in [-0.2, 0) is 0 Å². The number of anilines is 2. The molecule has 0 bridgehead atoms. The van der Waals surface area contributed by atoms with Crippen LogP contribution in [-0.4, -0.2) is 39.9 Å². The van der Waals surface area contributed by atoms with Crippen LogP contribution in [0.3, 0.4) is 0 Å². The quantitative estimate of drug-likeness (QED) is 0.714. The van der Waals surface area contributed by atoms with Crippen molar-refractivity contribution < 1.29 is 23.8 Å².